The fourth-order valence-corrected chi connectivity index (χ4v) is 1.76. The third kappa shape index (κ3) is 3.34. The zero-order valence-electron chi connectivity index (χ0n) is 8.97. The molecule has 0 radical (unpaired) electrons. The van der Waals surface area contributed by atoms with Crippen LogP contribution in [-0.2, 0) is 4.79 Å². The highest BCUT2D eigenvalue weighted by molar-refractivity contribution is 5.68. The van der Waals surface area contributed by atoms with Crippen molar-refractivity contribution in [1.82, 2.24) is 10.2 Å². The van der Waals surface area contributed by atoms with Crippen LogP contribution in [-0.4, -0.2) is 54.4 Å². The zero-order valence-corrected chi connectivity index (χ0v) is 8.97. The standard InChI is InChI=1S/C9H15F3N2O2/c1-14(3-2-9(10,11)12)8(4-7(15)16)5-13-6-8/h13H,2-6H2,1H3,(H,15,16). The first kappa shape index (κ1) is 13.2. The molecule has 0 bridgehead atoms. The van der Waals surface area contributed by atoms with Crippen molar-refractivity contribution in [3.8, 4) is 0 Å². The first-order valence-corrected chi connectivity index (χ1v) is 4.96. The molecular weight excluding hydrogens is 225 g/mol. The van der Waals surface area contributed by atoms with E-state index in [4.69, 9.17) is 5.11 Å². The second-order valence-corrected chi connectivity index (χ2v) is 4.19. The molecule has 1 saturated heterocycles. The molecule has 1 rings (SSSR count). The van der Waals surface area contributed by atoms with Crippen molar-refractivity contribution < 1.29 is 23.1 Å². The number of alkyl halides is 3. The van der Waals surface area contributed by atoms with Gasteiger partial charge in [0.05, 0.1) is 18.4 Å². The van der Waals surface area contributed by atoms with Crippen LogP contribution in [0.25, 0.3) is 0 Å². The molecule has 2 N–H and O–H groups in total. The number of carboxylic acid groups (broad SMARTS) is 1. The normalized spacial score (nSPS) is 19.6. The topological polar surface area (TPSA) is 52.6 Å². The Morgan fingerprint density at radius 2 is 2.06 bits per heavy atom. The zero-order chi connectivity index (χ0) is 12.4. The Kier molecular flexibility index (Phi) is 3.80. The lowest BCUT2D eigenvalue weighted by Gasteiger charge is -2.48. The van der Waals surface area contributed by atoms with E-state index in [0.29, 0.717) is 13.1 Å². The lowest BCUT2D eigenvalue weighted by Crippen LogP contribution is -2.68. The maximum atomic E-state index is 12.0. The van der Waals surface area contributed by atoms with Crippen LogP contribution >= 0.6 is 0 Å². The van der Waals surface area contributed by atoms with Crippen molar-refractivity contribution in [3.05, 3.63) is 0 Å². The Hall–Kier alpha value is -0.820. The highest BCUT2D eigenvalue weighted by atomic mass is 19.4. The monoisotopic (exact) mass is 240 g/mol. The van der Waals surface area contributed by atoms with Gasteiger partial charge in [-0.05, 0) is 7.05 Å². The number of rotatable bonds is 5. The van der Waals surface area contributed by atoms with E-state index in [0.717, 1.165) is 0 Å². The minimum Gasteiger partial charge on any atom is -0.481 e. The van der Waals surface area contributed by atoms with E-state index in [-0.39, 0.29) is 13.0 Å². The summed E-state index contributed by atoms with van der Waals surface area (Å²) in [7, 11) is 1.54. The molecule has 0 unspecified atom stereocenters. The quantitative estimate of drug-likeness (QED) is 0.742. The number of hydrogen-bond donors (Lipinski definition) is 2. The van der Waals surface area contributed by atoms with Crippen LogP contribution in [0.2, 0.25) is 0 Å². The van der Waals surface area contributed by atoms with Gasteiger partial charge < -0.3 is 10.4 Å². The summed E-state index contributed by atoms with van der Waals surface area (Å²) in [5, 5.41) is 11.6. The van der Waals surface area contributed by atoms with Gasteiger partial charge >= 0.3 is 12.1 Å². The summed E-state index contributed by atoms with van der Waals surface area (Å²) in [5.74, 6) is -0.986. The largest absolute Gasteiger partial charge is 0.481 e. The number of halogens is 3. The summed E-state index contributed by atoms with van der Waals surface area (Å²) in [6.07, 6.45) is -5.24. The van der Waals surface area contributed by atoms with Crippen molar-refractivity contribution in [3.63, 3.8) is 0 Å². The molecule has 0 saturated carbocycles. The van der Waals surface area contributed by atoms with Gasteiger partial charge in [-0.25, -0.2) is 0 Å². The SMILES string of the molecule is CN(CCC(F)(F)F)C1(CC(=O)O)CNC1. The second kappa shape index (κ2) is 4.58. The van der Waals surface area contributed by atoms with Gasteiger partial charge in [0.2, 0.25) is 0 Å². The Balaban J connectivity index is 2.49. The molecule has 16 heavy (non-hydrogen) atoms. The molecular formula is C9H15F3N2O2. The molecule has 0 aromatic rings. The van der Waals surface area contributed by atoms with E-state index < -0.39 is 24.1 Å². The minimum absolute atomic E-state index is 0.131. The van der Waals surface area contributed by atoms with E-state index >= 15 is 0 Å². The third-order valence-electron chi connectivity index (χ3n) is 2.93. The Morgan fingerprint density at radius 1 is 1.50 bits per heavy atom. The van der Waals surface area contributed by atoms with Gasteiger partial charge in [0.25, 0.3) is 0 Å². The number of likely N-dealkylation sites (N-methyl/N-ethyl adjacent to an activating group) is 1. The molecule has 0 amide bonds. The third-order valence-corrected chi connectivity index (χ3v) is 2.93. The first-order chi connectivity index (χ1) is 7.25. The number of hydrogen-bond acceptors (Lipinski definition) is 3. The van der Waals surface area contributed by atoms with Gasteiger partial charge in [0.1, 0.15) is 0 Å². The van der Waals surface area contributed by atoms with E-state index in [2.05, 4.69) is 5.32 Å². The first-order valence-electron chi connectivity index (χ1n) is 4.96. The molecule has 0 spiro atoms. The van der Waals surface area contributed by atoms with Crippen LogP contribution in [0.1, 0.15) is 12.8 Å². The number of aliphatic carboxylic acids is 1. The summed E-state index contributed by atoms with van der Waals surface area (Å²) in [5.41, 5.74) is -0.656. The van der Waals surface area contributed by atoms with Crippen LogP contribution in [0, 0.1) is 0 Å². The van der Waals surface area contributed by atoms with Gasteiger partial charge in [-0.15, -0.1) is 0 Å². The number of nitrogens with zero attached hydrogens (tertiary/aromatic N) is 1. The van der Waals surface area contributed by atoms with Crippen molar-refractivity contribution in [2.24, 2.45) is 0 Å². The van der Waals surface area contributed by atoms with Crippen molar-refractivity contribution >= 4 is 5.97 Å². The fourth-order valence-electron chi connectivity index (χ4n) is 1.76. The molecule has 1 aliphatic rings. The predicted octanol–water partition coefficient (Wildman–Crippen LogP) is 0.687. The number of carbonyl (C=O) groups is 1. The number of nitrogens with one attached hydrogen (secondary N) is 1. The smallest absolute Gasteiger partial charge is 0.390 e. The van der Waals surface area contributed by atoms with Crippen LogP contribution in [0.4, 0.5) is 13.2 Å². The molecule has 0 aliphatic carbocycles. The second-order valence-electron chi connectivity index (χ2n) is 4.19. The summed E-state index contributed by atoms with van der Waals surface area (Å²) >= 11 is 0. The average Bonchev–Trinajstić information content (AvgIpc) is 2.05. The molecule has 7 heteroatoms. The number of carboxylic acids is 1. The highest BCUT2D eigenvalue weighted by Gasteiger charge is 2.43. The maximum Gasteiger partial charge on any atom is 0.390 e. The molecule has 1 fully saturated rings. The predicted molar refractivity (Wildman–Crippen MR) is 51.2 cm³/mol. The van der Waals surface area contributed by atoms with Crippen LogP contribution in [0.5, 0.6) is 0 Å². The Labute approximate surface area is 91.4 Å². The molecule has 94 valence electrons. The van der Waals surface area contributed by atoms with Crippen LogP contribution in [0.3, 0.4) is 0 Å². The summed E-state index contributed by atoms with van der Waals surface area (Å²) < 4.78 is 36.1. The maximum absolute atomic E-state index is 12.0. The van der Waals surface area contributed by atoms with Gasteiger partial charge in [0, 0.05) is 19.6 Å². The molecule has 0 aromatic heterocycles. The fraction of sp³-hybridized carbons (Fsp3) is 0.889. The summed E-state index contributed by atoms with van der Waals surface area (Å²) in [6, 6.07) is 0. The van der Waals surface area contributed by atoms with Gasteiger partial charge in [-0.1, -0.05) is 0 Å². The van der Waals surface area contributed by atoms with Crippen LogP contribution < -0.4 is 5.32 Å². The van der Waals surface area contributed by atoms with Crippen molar-refractivity contribution in [1.29, 1.82) is 0 Å². The molecule has 1 aliphatic heterocycles. The highest BCUT2D eigenvalue weighted by Crippen LogP contribution is 2.26. The molecule has 1 heterocycles. The lowest BCUT2D eigenvalue weighted by molar-refractivity contribution is -0.146. The van der Waals surface area contributed by atoms with E-state index in [1.54, 1.807) is 0 Å². The summed E-state index contributed by atoms with van der Waals surface area (Å²) in [6.45, 7) is 0.680. The average molecular weight is 240 g/mol. The van der Waals surface area contributed by atoms with Gasteiger partial charge in [-0.3, -0.25) is 9.69 Å². The van der Waals surface area contributed by atoms with E-state index in [1.165, 1.54) is 11.9 Å². The van der Waals surface area contributed by atoms with E-state index in [9.17, 15) is 18.0 Å². The Bertz CT molecular complexity index is 264. The Morgan fingerprint density at radius 3 is 2.38 bits per heavy atom. The minimum atomic E-state index is -4.20. The van der Waals surface area contributed by atoms with Crippen molar-refractivity contribution in [2.75, 3.05) is 26.7 Å². The van der Waals surface area contributed by atoms with E-state index in [1.807, 2.05) is 0 Å². The summed E-state index contributed by atoms with van der Waals surface area (Å²) in [4.78, 5) is 12.1. The molecule has 0 aromatic carbocycles. The van der Waals surface area contributed by atoms with Gasteiger partial charge in [-0.2, -0.15) is 13.2 Å². The van der Waals surface area contributed by atoms with Crippen LogP contribution in [0.15, 0.2) is 0 Å². The van der Waals surface area contributed by atoms with Gasteiger partial charge in [0.15, 0.2) is 0 Å². The molecule has 0 atom stereocenters. The van der Waals surface area contributed by atoms with Crippen molar-refractivity contribution in [2.45, 2.75) is 24.6 Å². The lowest BCUT2D eigenvalue weighted by atomic mass is 9.86. The molecule has 4 nitrogen and oxygen atoms in total.